The molecule has 0 unspecified atom stereocenters. The number of esters is 1. The lowest BCUT2D eigenvalue weighted by Crippen LogP contribution is -2.29. The minimum Gasteiger partial charge on any atom is -0.493 e. The van der Waals surface area contributed by atoms with Gasteiger partial charge in [-0.15, -0.1) is 0 Å². The molecule has 0 bridgehead atoms. The fourth-order valence-corrected chi connectivity index (χ4v) is 2.81. The zero-order chi connectivity index (χ0) is 16.9. The predicted octanol–water partition coefficient (Wildman–Crippen LogP) is 2.53. The minimum atomic E-state index is -0.606. The molecule has 24 heavy (non-hydrogen) atoms. The Bertz CT molecular complexity index is 646. The average Bonchev–Trinajstić information content (AvgIpc) is 2.61. The van der Waals surface area contributed by atoms with Crippen molar-refractivity contribution < 1.29 is 28.5 Å². The number of Topliss-reactive ketones (excluding diaryl/α,β-unsaturated/α-hetero) is 1. The summed E-state index contributed by atoms with van der Waals surface area (Å²) in [4.78, 5) is 23.6. The number of ketones is 1. The molecule has 0 saturated heterocycles. The second kappa shape index (κ2) is 7.38. The summed E-state index contributed by atoms with van der Waals surface area (Å²) in [5.41, 5.74) is 0.725. The van der Waals surface area contributed by atoms with Crippen LogP contribution in [0.3, 0.4) is 0 Å². The summed E-state index contributed by atoms with van der Waals surface area (Å²) in [5, 5.41) is 0. The van der Waals surface area contributed by atoms with Crippen molar-refractivity contribution in [2.75, 3.05) is 20.3 Å². The number of methoxy groups -OCH3 is 1. The van der Waals surface area contributed by atoms with E-state index in [2.05, 4.69) is 0 Å². The summed E-state index contributed by atoms with van der Waals surface area (Å²) in [6.45, 7) is 0.940. The van der Waals surface area contributed by atoms with E-state index in [1.165, 1.54) is 6.08 Å². The molecule has 128 valence electrons. The average molecular weight is 332 g/mol. The van der Waals surface area contributed by atoms with E-state index in [4.69, 9.17) is 18.9 Å². The molecule has 1 aliphatic carbocycles. The molecule has 1 aromatic carbocycles. The summed E-state index contributed by atoms with van der Waals surface area (Å²) < 4.78 is 21.6. The molecule has 1 fully saturated rings. The maximum Gasteiger partial charge on any atom is 0.331 e. The zero-order valence-corrected chi connectivity index (χ0v) is 13.6. The SMILES string of the molecule is COc1cc(/C=C/C(=O)O[C@H]2CCCCC2=O)cc2c1OCCO2. The first-order valence-electron chi connectivity index (χ1n) is 8.06. The molecule has 2 aliphatic rings. The van der Waals surface area contributed by atoms with Gasteiger partial charge >= 0.3 is 5.97 Å². The Kier molecular flexibility index (Phi) is 5.03. The first kappa shape index (κ1) is 16.4. The Morgan fingerprint density at radius 1 is 1.25 bits per heavy atom. The van der Waals surface area contributed by atoms with Gasteiger partial charge in [0.05, 0.1) is 7.11 Å². The molecular weight excluding hydrogens is 312 g/mol. The number of carbonyl (C=O) groups is 2. The van der Waals surface area contributed by atoms with Gasteiger partial charge in [0.2, 0.25) is 5.75 Å². The van der Waals surface area contributed by atoms with Gasteiger partial charge in [-0.05, 0) is 43.0 Å². The van der Waals surface area contributed by atoms with Crippen LogP contribution in [0.2, 0.25) is 0 Å². The highest BCUT2D eigenvalue weighted by Crippen LogP contribution is 2.40. The lowest BCUT2D eigenvalue weighted by atomic mass is 9.96. The van der Waals surface area contributed by atoms with Gasteiger partial charge in [0, 0.05) is 12.5 Å². The Morgan fingerprint density at radius 2 is 2.08 bits per heavy atom. The van der Waals surface area contributed by atoms with E-state index in [-0.39, 0.29) is 5.78 Å². The normalized spacial score (nSPS) is 20.0. The van der Waals surface area contributed by atoms with E-state index >= 15 is 0 Å². The van der Waals surface area contributed by atoms with Gasteiger partial charge in [-0.3, -0.25) is 4.79 Å². The molecule has 0 spiro atoms. The summed E-state index contributed by atoms with van der Waals surface area (Å²) in [6.07, 6.45) is 5.19. The van der Waals surface area contributed by atoms with Gasteiger partial charge < -0.3 is 18.9 Å². The number of ether oxygens (including phenoxy) is 4. The molecule has 1 atom stereocenters. The van der Waals surface area contributed by atoms with Crippen LogP contribution in [0, 0.1) is 0 Å². The molecule has 0 radical (unpaired) electrons. The van der Waals surface area contributed by atoms with Crippen molar-refractivity contribution in [3.8, 4) is 17.2 Å². The summed E-state index contributed by atoms with van der Waals surface area (Å²) in [5.74, 6) is 1.17. The lowest BCUT2D eigenvalue weighted by Gasteiger charge is -2.21. The molecular formula is C18H20O6. The van der Waals surface area contributed by atoms with E-state index in [0.717, 1.165) is 18.4 Å². The predicted molar refractivity (Wildman–Crippen MR) is 86.4 cm³/mol. The van der Waals surface area contributed by atoms with Crippen LogP contribution in [-0.2, 0) is 14.3 Å². The first-order valence-corrected chi connectivity index (χ1v) is 8.06. The number of fused-ring (bicyclic) bond motifs is 1. The molecule has 6 nitrogen and oxygen atoms in total. The monoisotopic (exact) mass is 332 g/mol. The molecule has 6 heteroatoms. The Morgan fingerprint density at radius 3 is 2.88 bits per heavy atom. The zero-order valence-electron chi connectivity index (χ0n) is 13.6. The van der Waals surface area contributed by atoms with Gasteiger partial charge in [-0.1, -0.05) is 0 Å². The Hall–Kier alpha value is -2.50. The highest BCUT2D eigenvalue weighted by Gasteiger charge is 2.25. The smallest absolute Gasteiger partial charge is 0.331 e. The van der Waals surface area contributed by atoms with Crippen LogP contribution in [0.4, 0.5) is 0 Å². The van der Waals surface area contributed by atoms with E-state index < -0.39 is 12.1 Å². The third kappa shape index (κ3) is 3.69. The largest absolute Gasteiger partial charge is 0.493 e. The minimum absolute atomic E-state index is 0.00370. The molecule has 0 N–H and O–H groups in total. The molecule has 0 amide bonds. The number of benzene rings is 1. The van der Waals surface area contributed by atoms with Crippen LogP contribution in [-0.4, -0.2) is 38.2 Å². The topological polar surface area (TPSA) is 71.1 Å². The Balaban J connectivity index is 1.69. The van der Waals surface area contributed by atoms with E-state index in [9.17, 15) is 9.59 Å². The van der Waals surface area contributed by atoms with Crippen LogP contribution in [0.5, 0.6) is 17.2 Å². The summed E-state index contributed by atoms with van der Waals surface area (Å²) >= 11 is 0. The number of hydrogen-bond acceptors (Lipinski definition) is 6. The number of rotatable bonds is 4. The first-order chi connectivity index (χ1) is 11.7. The summed E-state index contributed by atoms with van der Waals surface area (Å²) in [6, 6.07) is 3.52. The molecule has 1 aliphatic heterocycles. The van der Waals surface area contributed by atoms with Crippen molar-refractivity contribution in [3.05, 3.63) is 23.8 Å². The van der Waals surface area contributed by atoms with Crippen LogP contribution >= 0.6 is 0 Å². The Labute approximate surface area is 140 Å². The lowest BCUT2D eigenvalue weighted by molar-refractivity contribution is -0.152. The van der Waals surface area contributed by atoms with Crippen LogP contribution in [0.1, 0.15) is 31.2 Å². The van der Waals surface area contributed by atoms with E-state index in [1.807, 2.05) is 0 Å². The van der Waals surface area contributed by atoms with Crippen LogP contribution < -0.4 is 14.2 Å². The van der Waals surface area contributed by atoms with Crippen molar-refractivity contribution in [2.24, 2.45) is 0 Å². The standard InChI is InChI=1S/C18H20O6/c1-21-15-10-12(11-16-18(15)23-9-8-22-16)6-7-17(20)24-14-5-3-2-4-13(14)19/h6-7,10-11,14H,2-5,8-9H2,1H3/b7-6+/t14-/m0/s1. The maximum atomic E-state index is 11.9. The molecule has 1 aromatic rings. The van der Waals surface area contributed by atoms with Crippen molar-refractivity contribution in [1.29, 1.82) is 0 Å². The highest BCUT2D eigenvalue weighted by molar-refractivity contribution is 5.91. The maximum absolute atomic E-state index is 11.9. The fraction of sp³-hybridized carbons (Fsp3) is 0.444. The fourth-order valence-electron chi connectivity index (χ4n) is 2.81. The van der Waals surface area contributed by atoms with Gasteiger partial charge in [0.25, 0.3) is 0 Å². The summed E-state index contributed by atoms with van der Waals surface area (Å²) in [7, 11) is 1.55. The van der Waals surface area contributed by atoms with E-state index in [0.29, 0.717) is 43.3 Å². The quantitative estimate of drug-likeness (QED) is 0.623. The van der Waals surface area contributed by atoms with Gasteiger partial charge in [0.15, 0.2) is 23.4 Å². The third-order valence-corrected chi connectivity index (χ3v) is 4.02. The van der Waals surface area contributed by atoms with Crippen molar-refractivity contribution in [2.45, 2.75) is 31.8 Å². The van der Waals surface area contributed by atoms with Gasteiger partial charge in [-0.25, -0.2) is 4.79 Å². The van der Waals surface area contributed by atoms with Crippen LogP contribution in [0.25, 0.3) is 6.08 Å². The molecule has 3 rings (SSSR count). The van der Waals surface area contributed by atoms with Crippen molar-refractivity contribution in [3.63, 3.8) is 0 Å². The second-order valence-corrected chi connectivity index (χ2v) is 5.72. The number of carbonyl (C=O) groups excluding carboxylic acids is 2. The molecule has 0 aromatic heterocycles. The molecule has 1 saturated carbocycles. The van der Waals surface area contributed by atoms with Gasteiger partial charge in [0.1, 0.15) is 13.2 Å². The van der Waals surface area contributed by atoms with Crippen molar-refractivity contribution >= 4 is 17.8 Å². The van der Waals surface area contributed by atoms with Gasteiger partial charge in [-0.2, -0.15) is 0 Å². The third-order valence-electron chi connectivity index (χ3n) is 4.02. The van der Waals surface area contributed by atoms with E-state index in [1.54, 1.807) is 25.3 Å². The van der Waals surface area contributed by atoms with Crippen molar-refractivity contribution in [1.82, 2.24) is 0 Å². The highest BCUT2D eigenvalue weighted by atomic mass is 16.6. The molecule has 1 heterocycles. The second-order valence-electron chi connectivity index (χ2n) is 5.72. The van der Waals surface area contributed by atoms with Crippen LogP contribution in [0.15, 0.2) is 18.2 Å². The number of hydrogen-bond donors (Lipinski definition) is 0.